The molecule has 2 atom stereocenters. The third-order valence-electron chi connectivity index (χ3n) is 3.65. The molecular formula is C13H22N4O2. The minimum absolute atomic E-state index is 0.156. The van der Waals surface area contributed by atoms with E-state index in [1.54, 1.807) is 7.11 Å². The van der Waals surface area contributed by atoms with Gasteiger partial charge in [0.1, 0.15) is 0 Å². The Kier molecular flexibility index (Phi) is 4.42. The van der Waals surface area contributed by atoms with Crippen molar-refractivity contribution >= 4 is 11.6 Å². The monoisotopic (exact) mass is 266 g/mol. The van der Waals surface area contributed by atoms with Gasteiger partial charge in [0.25, 0.3) is 5.91 Å². The first-order chi connectivity index (χ1) is 9.15. The fourth-order valence-electron chi connectivity index (χ4n) is 2.54. The van der Waals surface area contributed by atoms with Gasteiger partial charge in [-0.25, -0.2) is 0 Å². The van der Waals surface area contributed by atoms with Gasteiger partial charge in [0.2, 0.25) is 0 Å². The van der Waals surface area contributed by atoms with E-state index in [1.807, 2.05) is 0 Å². The molecule has 1 aromatic rings. The van der Waals surface area contributed by atoms with E-state index in [4.69, 9.17) is 10.5 Å². The van der Waals surface area contributed by atoms with Crippen LogP contribution in [0.4, 0.5) is 5.69 Å². The van der Waals surface area contributed by atoms with Crippen LogP contribution in [0.25, 0.3) is 0 Å². The topological polar surface area (TPSA) is 93.0 Å². The second-order valence-corrected chi connectivity index (χ2v) is 5.06. The van der Waals surface area contributed by atoms with Crippen molar-refractivity contribution in [1.82, 2.24) is 15.5 Å². The molecule has 0 aliphatic heterocycles. The molecule has 2 rings (SSSR count). The molecule has 6 nitrogen and oxygen atoms in total. The molecule has 1 amide bonds. The number of aromatic nitrogens is 2. The van der Waals surface area contributed by atoms with Crippen molar-refractivity contribution < 1.29 is 9.53 Å². The molecule has 4 N–H and O–H groups in total. The Bertz CT molecular complexity index is 444. The summed E-state index contributed by atoms with van der Waals surface area (Å²) in [5.41, 5.74) is 7.56. The van der Waals surface area contributed by atoms with Crippen molar-refractivity contribution in [2.75, 3.05) is 12.8 Å². The molecule has 1 fully saturated rings. The number of ether oxygens (including phenoxy) is 1. The van der Waals surface area contributed by atoms with Gasteiger partial charge in [-0.15, -0.1) is 0 Å². The first-order valence-corrected chi connectivity index (χ1v) is 6.82. The number of nitrogens with zero attached hydrogens (tertiary/aromatic N) is 1. The zero-order valence-electron chi connectivity index (χ0n) is 11.5. The van der Waals surface area contributed by atoms with E-state index < -0.39 is 0 Å². The molecule has 1 heterocycles. The highest BCUT2D eigenvalue weighted by atomic mass is 16.5. The minimum Gasteiger partial charge on any atom is -0.395 e. The van der Waals surface area contributed by atoms with Gasteiger partial charge in [-0.3, -0.25) is 9.89 Å². The van der Waals surface area contributed by atoms with Gasteiger partial charge in [0.15, 0.2) is 5.69 Å². The number of aryl methyl sites for hydroxylation is 1. The second-order valence-electron chi connectivity index (χ2n) is 5.06. The lowest BCUT2D eigenvalue weighted by Gasteiger charge is -2.12. The van der Waals surface area contributed by atoms with Gasteiger partial charge in [0.05, 0.1) is 17.5 Å². The molecule has 0 aromatic carbocycles. The van der Waals surface area contributed by atoms with E-state index in [0.717, 1.165) is 37.8 Å². The molecule has 0 spiro atoms. The number of methoxy groups -OCH3 is 1. The van der Waals surface area contributed by atoms with E-state index in [1.165, 1.54) is 0 Å². The number of hydrogen-bond donors (Lipinski definition) is 3. The molecule has 106 valence electrons. The Morgan fingerprint density at radius 3 is 3.00 bits per heavy atom. The van der Waals surface area contributed by atoms with Crippen LogP contribution in [-0.4, -0.2) is 35.4 Å². The van der Waals surface area contributed by atoms with Crippen LogP contribution in [0, 0.1) is 0 Å². The van der Waals surface area contributed by atoms with Crippen molar-refractivity contribution in [2.45, 2.75) is 51.2 Å². The van der Waals surface area contributed by atoms with Crippen molar-refractivity contribution in [3.05, 3.63) is 11.4 Å². The van der Waals surface area contributed by atoms with E-state index in [9.17, 15) is 4.79 Å². The number of carbonyl (C=O) groups is 1. The number of nitrogen functional groups attached to an aromatic ring is 1. The maximum Gasteiger partial charge on any atom is 0.274 e. The predicted octanol–water partition coefficient (Wildman–Crippen LogP) is 1.24. The molecule has 6 heteroatoms. The molecule has 1 saturated carbocycles. The number of nitrogens with one attached hydrogen (secondary N) is 2. The predicted molar refractivity (Wildman–Crippen MR) is 72.9 cm³/mol. The minimum atomic E-state index is -0.196. The lowest BCUT2D eigenvalue weighted by atomic mass is 10.2. The van der Waals surface area contributed by atoms with Gasteiger partial charge >= 0.3 is 0 Å². The summed E-state index contributed by atoms with van der Waals surface area (Å²) >= 11 is 0. The number of rotatable bonds is 5. The number of H-pyrrole nitrogens is 1. The second kappa shape index (κ2) is 6.06. The molecule has 0 bridgehead atoms. The first-order valence-electron chi connectivity index (χ1n) is 6.82. The van der Waals surface area contributed by atoms with Crippen LogP contribution in [0.15, 0.2) is 0 Å². The lowest BCUT2D eigenvalue weighted by molar-refractivity contribution is 0.0911. The Labute approximate surface area is 113 Å². The zero-order valence-corrected chi connectivity index (χ0v) is 11.5. The third kappa shape index (κ3) is 3.07. The Morgan fingerprint density at radius 2 is 2.37 bits per heavy atom. The van der Waals surface area contributed by atoms with Crippen LogP contribution in [-0.2, 0) is 11.2 Å². The summed E-state index contributed by atoms with van der Waals surface area (Å²) in [5.74, 6) is -0.196. The molecule has 2 unspecified atom stereocenters. The number of amides is 1. The Morgan fingerprint density at radius 1 is 1.58 bits per heavy atom. The Balaban J connectivity index is 1.97. The molecular weight excluding hydrogens is 244 g/mol. The number of aromatic amines is 1. The van der Waals surface area contributed by atoms with Crippen LogP contribution >= 0.6 is 0 Å². The van der Waals surface area contributed by atoms with Crippen LogP contribution < -0.4 is 11.1 Å². The van der Waals surface area contributed by atoms with Gasteiger partial charge in [-0.1, -0.05) is 13.3 Å². The van der Waals surface area contributed by atoms with Crippen LogP contribution in [0.1, 0.15) is 48.8 Å². The van der Waals surface area contributed by atoms with Crippen molar-refractivity contribution in [2.24, 2.45) is 0 Å². The molecule has 1 aromatic heterocycles. The molecule has 19 heavy (non-hydrogen) atoms. The number of carbonyl (C=O) groups excluding carboxylic acids is 1. The standard InChI is InChI=1S/C13H22N4O2/c1-3-4-10-11(14)12(17-16-10)13(18)15-8-5-6-9(7-8)19-2/h8-9H,3-7,14H2,1-2H3,(H,15,18)(H,16,17). The number of hydrogen-bond acceptors (Lipinski definition) is 4. The fourth-order valence-corrected chi connectivity index (χ4v) is 2.54. The average Bonchev–Trinajstić information content (AvgIpc) is 2.98. The number of nitrogens with two attached hydrogens (primary N) is 1. The molecule has 1 aliphatic rings. The Hall–Kier alpha value is -1.56. The van der Waals surface area contributed by atoms with Crippen LogP contribution in [0.5, 0.6) is 0 Å². The molecule has 1 aliphatic carbocycles. The average molecular weight is 266 g/mol. The van der Waals surface area contributed by atoms with E-state index in [2.05, 4.69) is 22.4 Å². The highest BCUT2D eigenvalue weighted by Gasteiger charge is 2.27. The van der Waals surface area contributed by atoms with Gasteiger partial charge < -0.3 is 15.8 Å². The summed E-state index contributed by atoms with van der Waals surface area (Å²) in [6, 6.07) is 0.156. The SMILES string of the molecule is CCCc1[nH]nc(C(=O)NC2CCC(OC)C2)c1N. The summed E-state index contributed by atoms with van der Waals surface area (Å²) in [6.07, 6.45) is 4.80. The summed E-state index contributed by atoms with van der Waals surface area (Å²) in [7, 11) is 1.71. The quantitative estimate of drug-likeness (QED) is 0.747. The summed E-state index contributed by atoms with van der Waals surface area (Å²) in [4.78, 5) is 12.1. The summed E-state index contributed by atoms with van der Waals surface area (Å²) < 4.78 is 5.29. The smallest absolute Gasteiger partial charge is 0.274 e. The van der Waals surface area contributed by atoms with Crippen molar-refractivity contribution in [3.8, 4) is 0 Å². The molecule has 0 radical (unpaired) electrons. The normalized spacial score (nSPS) is 22.6. The fraction of sp³-hybridized carbons (Fsp3) is 0.692. The van der Waals surface area contributed by atoms with Gasteiger partial charge in [0, 0.05) is 13.2 Å². The maximum absolute atomic E-state index is 12.1. The highest BCUT2D eigenvalue weighted by molar-refractivity contribution is 5.97. The maximum atomic E-state index is 12.1. The third-order valence-corrected chi connectivity index (χ3v) is 3.65. The summed E-state index contributed by atoms with van der Waals surface area (Å²) in [6.45, 7) is 2.06. The highest BCUT2D eigenvalue weighted by Crippen LogP contribution is 2.22. The van der Waals surface area contributed by atoms with Crippen molar-refractivity contribution in [1.29, 1.82) is 0 Å². The van der Waals surface area contributed by atoms with Crippen molar-refractivity contribution in [3.63, 3.8) is 0 Å². The number of anilines is 1. The molecule has 0 saturated heterocycles. The van der Waals surface area contributed by atoms with E-state index in [0.29, 0.717) is 11.4 Å². The lowest BCUT2D eigenvalue weighted by Crippen LogP contribution is -2.34. The van der Waals surface area contributed by atoms with Gasteiger partial charge in [-0.2, -0.15) is 5.10 Å². The van der Waals surface area contributed by atoms with E-state index >= 15 is 0 Å². The zero-order chi connectivity index (χ0) is 13.8. The first kappa shape index (κ1) is 13.9. The van der Waals surface area contributed by atoms with Crippen LogP contribution in [0.2, 0.25) is 0 Å². The largest absolute Gasteiger partial charge is 0.395 e. The van der Waals surface area contributed by atoms with Crippen LogP contribution in [0.3, 0.4) is 0 Å². The van der Waals surface area contributed by atoms with Gasteiger partial charge in [-0.05, 0) is 25.7 Å². The summed E-state index contributed by atoms with van der Waals surface area (Å²) in [5, 5.41) is 9.84. The van der Waals surface area contributed by atoms with E-state index in [-0.39, 0.29) is 18.1 Å².